The predicted octanol–water partition coefficient (Wildman–Crippen LogP) is 4.46. The summed E-state index contributed by atoms with van der Waals surface area (Å²) in [5.74, 6) is 0.553. The minimum absolute atomic E-state index is 0.0328. The fraction of sp³-hybridized carbons (Fsp3) is 0.280. The Morgan fingerprint density at radius 2 is 1.75 bits per heavy atom. The number of nitrogens with zero attached hydrogens (tertiary/aromatic N) is 4. The van der Waals surface area contributed by atoms with Gasteiger partial charge in [0.1, 0.15) is 11.4 Å². The van der Waals surface area contributed by atoms with E-state index in [-0.39, 0.29) is 11.6 Å². The fourth-order valence-electron chi connectivity index (χ4n) is 4.28. The van der Waals surface area contributed by atoms with E-state index in [0.717, 1.165) is 36.2 Å². The molecule has 1 aliphatic rings. The van der Waals surface area contributed by atoms with Crippen molar-refractivity contribution in [3.8, 4) is 34.0 Å². The van der Waals surface area contributed by atoms with Crippen molar-refractivity contribution in [1.29, 1.82) is 0 Å². The summed E-state index contributed by atoms with van der Waals surface area (Å²) < 4.78 is 7.43. The van der Waals surface area contributed by atoms with Crippen LogP contribution in [0.2, 0.25) is 0 Å². The first-order valence-corrected chi connectivity index (χ1v) is 11.0. The molecule has 0 saturated heterocycles. The molecule has 5 rings (SSSR count). The van der Waals surface area contributed by atoms with E-state index in [4.69, 9.17) is 9.51 Å². The van der Waals surface area contributed by atoms with Crippen LogP contribution in [0.5, 0.6) is 0 Å². The molecule has 1 N–H and O–H groups in total. The molecule has 0 amide bonds. The summed E-state index contributed by atoms with van der Waals surface area (Å²) in [6.07, 6.45) is 9.71. The van der Waals surface area contributed by atoms with Gasteiger partial charge in [-0.25, -0.2) is 4.98 Å². The molecule has 0 spiro atoms. The second kappa shape index (κ2) is 8.88. The molecule has 1 fully saturated rings. The smallest absolute Gasteiger partial charge is 0.250 e. The topological polar surface area (TPSA) is 85.8 Å². The van der Waals surface area contributed by atoms with E-state index in [2.05, 4.69) is 27.6 Å². The maximum absolute atomic E-state index is 12.4. The maximum Gasteiger partial charge on any atom is 0.250 e. The standard InChI is InChI=1S/C25H25N5O2/c1-26-13-17-6-8-18(9-7-17)21-12-24(32-29-21)23-15-27-14-22(28-23)19-10-11-25(31)30(16-19)20-4-2-3-5-20/h6-12,14-16,20,26H,2-5,13H2,1H3. The van der Waals surface area contributed by atoms with Gasteiger partial charge in [0, 0.05) is 42.0 Å². The third kappa shape index (κ3) is 4.11. The molecule has 7 heteroatoms. The summed E-state index contributed by atoms with van der Waals surface area (Å²) in [6.45, 7) is 0.820. The second-order valence-corrected chi connectivity index (χ2v) is 8.19. The lowest BCUT2D eigenvalue weighted by Crippen LogP contribution is -2.22. The molecule has 1 saturated carbocycles. The van der Waals surface area contributed by atoms with Gasteiger partial charge in [-0.05, 0) is 31.5 Å². The number of rotatable bonds is 6. The first-order valence-electron chi connectivity index (χ1n) is 11.0. The van der Waals surface area contributed by atoms with Crippen LogP contribution >= 0.6 is 0 Å². The third-order valence-corrected chi connectivity index (χ3v) is 5.98. The normalized spacial score (nSPS) is 14.2. The zero-order chi connectivity index (χ0) is 21.9. The maximum atomic E-state index is 12.4. The summed E-state index contributed by atoms with van der Waals surface area (Å²) >= 11 is 0. The van der Waals surface area contributed by atoms with Crippen molar-refractivity contribution in [3.05, 3.63) is 77.0 Å². The molecule has 0 unspecified atom stereocenters. The van der Waals surface area contributed by atoms with Gasteiger partial charge in [0.25, 0.3) is 5.56 Å². The van der Waals surface area contributed by atoms with Crippen LogP contribution in [0.25, 0.3) is 34.0 Å². The van der Waals surface area contributed by atoms with Crippen molar-refractivity contribution >= 4 is 0 Å². The monoisotopic (exact) mass is 427 g/mol. The average molecular weight is 428 g/mol. The molecule has 0 atom stereocenters. The number of pyridine rings is 1. The van der Waals surface area contributed by atoms with E-state index in [1.165, 1.54) is 18.4 Å². The van der Waals surface area contributed by atoms with E-state index in [1.54, 1.807) is 24.5 Å². The Labute approximate surface area is 186 Å². The number of hydrogen-bond donors (Lipinski definition) is 1. The highest BCUT2D eigenvalue weighted by Crippen LogP contribution is 2.30. The molecule has 1 aromatic carbocycles. The molecule has 4 aromatic rings. The Morgan fingerprint density at radius 3 is 2.53 bits per heavy atom. The highest BCUT2D eigenvalue weighted by molar-refractivity contribution is 5.66. The van der Waals surface area contributed by atoms with Crippen LogP contribution in [0.15, 0.2) is 70.4 Å². The minimum Gasteiger partial charge on any atom is -0.354 e. The van der Waals surface area contributed by atoms with Gasteiger partial charge >= 0.3 is 0 Å². The molecule has 7 nitrogen and oxygen atoms in total. The molecule has 3 aromatic heterocycles. The van der Waals surface area contributed by atoms with Crippen LogP contribution in [0.4, 0.5) is 0 Å². The van der Waals surface area contributed by atoms with Gasteiger partial charge < -0.3 is 14.4 Å². The lowest BCUT2D eigenvalue weighted by Gasteiger charge is -2.14. The number of benzene rings is 1. The van der Waals surface area contributed by atoms with Crippen molar-refractivity contribution in [2.24, 2.45) is 0 Å². The van der Waals surface area contributed by atoms with Crippen molar-refractivity contribution in [1.82, 2.24) is 25.0 Å². The zero-order valence-electron chi connectivity index (χ0n) is 18.0. The minimum atomic E-state index is 0.0328. The molecular weight excluding hydrogens is 402 g/mol. The summed E-state index contributed by atoms with van der Waals surface area (Å²) in [6, 6.07) is 13.8. The van der Waals surface area contributed by atoms with E-state index in [0.29, 0.717) is 17.1 Å². The van der Waals surface area contributed by atoms with Gasteiger partial charge in [0.05, 0.1) is 18.1 Å². The molecule has 0 aliphatic heterocycles. The summed E-state index contributed by atoms with van der Waals surface area (Å²) in [7, 11) is 1.93. The number of hydrogen-bond acceptors (Lipinski definition) is 6. The molecule has 0 bridgehead atoms. The van der Waals surface area contributed by atoms with Crippen LogP contribution in [0.3, 0.4) is 0 Å². The van der Waals surface area contributed by atoms with Gasteiger partial charge in [-0.15, -0.1) is 0 Å². The Hall–Kier alpha value is -3.58. The van der Waals surface area contributed by atoms with Crippen molar-refractivity contribution < 1.29 is 4.52 Å². The first kappa shape index (κ1) is 20.3. The van der Waals surface area contributed by atoms with Gasteiger partial charge in [0.15, 0.2) is 5.76 Å². The van der Waals surface area contributed by atoms with Crippen LogP contribution in [0.1, 0.15) is 37.3 Å². The van der Waals surface area contributed by atoms with Gasteiger partial charge in [0.2, 0.25) is 0 Å². The van der Waals surface area contributed by atoms with E-state index in [9.17, 15) is 4.79 Å². The Balaban J connectivity index is 1.43. The molecule has 3 heterocycles. The lowest BCUT2D eigenvalue weighted by molar-refractivity contribution is 0.433. The highest BCUT2D eigenvalue weighted by Gasteiger charge is 2.18. The van der Waals surface area contributed by atoms with Gasteiger partial charge in [-0.3, -0.25) is 9.78 Å². The number of nitrogens with one attached hydrogen (secondary N) is 1. The van der Waals surface area contributed by atoms with Crippen LogP contribution in [-0.2, 0) is 6.54 Å². The van der Waals surface area contributed by atoms with Gasteiger partial charge in [-0.2, -0.15) is 0 Å². The van der Waals surface area contributed by atoms with Gasteiger partial charge in [-0.1, -0.05) is 42.3 Å². The SMILES string of the molecule is CNCc1ccc(-c2cc(-c3cncc(-c4ccc(=O)n(C5CCCC5)c4)n3)on2)cc1. The van der Waals surface area contributed by atoms with Crippen LogP contribution < -0.4 is 10.9 Å². The van der Waals surface area contributed by atoms with Crippen LogP contribution in [0, 0.1) is 0 Å². The number of aromatic nitrogens is 4. The summed E-state index contributed by atoms with van der Waals surface area (Å²) in [5, 5.41) is 7.36. The third-order valence-electron chi connectivity index (χ3n) is 5.98. The summed E-state index contributed by atoms with van der Waals surface area (Å²) in [4.78, 5) is 21.5. The largest absolute Gasteiger partial charge is 0.354 e. The zero-order valence-corrected chi connectivity index (χ0v) is 18.0. The van der Waals surface area contributed by atoms with Crippen molar-refractivity contribution in [3.63, 3.8) is 0 Å². The predicted molar refractivity (Wildman–Crippen MR) is 123 cm³/mol. The summed E-state index contributed by atoms with van der Waals surface area (Å²) in [5.41, 5.74) is 5.13. The van der Waals surface area contributed by atoms with E-state index < -0.39 is 0 Å². The highest BCUT2D eigenvalue weighted by atomic mass is 16.5. The Bertz CT molecular complexity index is 1270. The molecular formula is C25H25N5O2. The quantitative estimate of drug-likeness (QED) is 0.489. The Kier molecular flexibility index (Phi) is 5.64. The van der Waals surface area contributed by atoms with Crippen molar-refractivity contribution in [2.45, 2.75) is 38.3 Å². The van der Waals surface area contributed by atoms with Crippen LogP contribution in [-0.4, -0.2) is 26.7 Å². The first-order chi connectivity index (χ1) is 15.7. The molecule has 0 radical (unpaired) electrons. The molecule has 1 aliphatic carbocycles. The molecule has 32 heavy (non-hydrogen) atoms. The average Bonchev–Trinajstić information content (AvgIpc) is 3.53. The second-order valence-electron chi connectivity index (χ2n) is 8.19. The van der Waals surface area contributed by atoms with Crippen molar-refractivity contribution in [2.75, 3.05) is 7.05 Å². The van der Waals surface area contributed by atoms with E-state index in [1.807, 2.05) is 36.0 Å². The molecule has 162 valence electrons. The van der Waals surface area contributed by atoms with E-state index >= 15 is 0 Å². The fourth-order valence-corrected chi connectivity index (χ4v) is 4.28. The Morgan fingerprint density at radius 1 is 1.00 bits per heavy atom. The lowest BCUT2D eigenvalue weighted by atomic mass is 10.1.